The van der Waals surface area contributed by atoms with Gasteiger partial charge in [0.2, 0.25) is 5.78 Å². The number of aryl methyl sites for hydroxylation is 1. The Hall–Kier alpha value is -3.35. The van der Waals surface area contributed by atoms with Crippen molar-refractivity contribution < 1.29 is 18.7 Å². The number of carbonyl (C=O) groups is 1. The second-order valence-electron chi connectivity index (χ2n) is 8.07. The first kappa shape index (κ1) is 22.8. The molecule has 0 spiro atoms. The Morgan fingerprint density at radius 3 is 2.55 bits per heavy atom. The van der Waals surface area contributed by atoms with Crippen LogP contribution in [0.3, 0.4) is 0 Å². The average molecular weight is 465 g/mol. The van der Waals surface area contributed by atoms with Gasteiger partial charge in [-0.1, -0.05) is 30.3 Å². The van der Waals surface area contributed by atoms with E-state index in [9.17, 15) is 4.79 Å². The Bertz CT molecular complexity index is 1290. The third kappa shape index (κ3) is 4.72. The predicted octanol–water partition coefficient (Wildman–Crippen LogP) is 5.19. The molecule has 170 valence electrons. The molecule has 0 aliphatic carbocycles. The van der Waals surface area contributed by atoms with Crippen LogP contribution in [0.25, 0.3) is 11.0 Å². The first-order chi connectivity index (χ1) is 15.6. The van der Waals surface area contributed by atoms with E-state index in [-0.39, 0.29) is 18.2 Å². The summed E-state index contributed by atoms with van der Waals surface area (Å²) < 4.78 is 17.2. The van der Waals surface area contributed by atoms with Crippen molar-refractivity contribution in [1.82, 2.24) is 9.88 Å². The van der Waals surface area contributed by atoms with Crippen molar-refractivity contribution in [2.45, 2.75) is 20.0 Å². The Morgan fingerprint density at radius 2 is 1.76 bits per heavy atom. The number of hydrogen-bond donors (Lipinski definition) is 0. The Morgan fingerprint density at radius 1 is 1.00 bits per heavy atom. The molecule has 0 amide bonds. The van der Waals surface area contributed by atoms with Crippen LogP contribution in [0.2, 0.25) is 0 Å². The van der Waals surface area contributed by atoms with E-state index < -0.39 is 0 Å². The molecule has 2 aromatic heterocycles. The zero-order chi connectivity index (χ0) is 22.1. The summed E-state index contributed by atoms with van der Waals surface area (Å²) in [6.45, 7) is 4.38. The summed E-state index contributed by atoms with van der Waals surface area (Å²) in [6.07, 6.45) is 1.87. The van der Waals surface area contributed by atoms with E-state index in [4.69, 9.17) is 13.9 Å². The molecule has 6 nitrogen and oxygen atoms in total. The van der Waals surface area contributed by atoms with Crippen LogP contribution in [-0.4, -0.2) is 35.9 Å². The van der Waals surface area contributed by atoms with Crippen molar-refractivity contribution in [3.63, 3.8) is 0 Å². The number of hydrogen-bond acceptors (Lipinski definition) is 6. The van der Waals surface area contributed by atoms with Crippen LogP contribution in [0.5, 0.6) is 11.5 Å². The lowest BCUT2D eigenvalue weighted by atomic mass is 10.1. The number of benzene rings is 2. The Balaban J connectivity index is 0.00000259. The van der Waals surface area contributed by atoms with Gasteiger partial charge in [-0.3, -0.25) is 14.7 Å². The molecule has 4 aromatic rings. The molecule has 0 unspecified atom stereocenters. The SMILES string of the molecule is Cc1ncc(CN(C)Cc2ccccc2)c2cc(C(=O)c3ccc4c(c3)OCCO4)oc12.Cl. The fourth-order valence-electron chi connectivity index (χ4n) is 4.01. The van der Waals surface area contributed by atoms with Crippen molar-refractivity contribution in [3.8, 4) is 11.5 Å². The molecule has 0 fully saturated rings. The zero-order valence-corrected chi connectivity index (χ0v) is 19.4. The van der Waals surface area contributed by atoms with E-state index in [1.807, 2.05) is 37.4 Å². The fraction of sp³-hybridized carbons (Fsp3) is 0.231. The first-order valence-corrected chi connectivity index (χ1v) is 10.6. The van der Waals surface area contributed by atoms with Crippen LogP contribution in [0.4, 0.5) is 0 Å². The highest BCUT2D eigenvalue weighted by Gasteiger charge is 2.21. The van der Waals surface area contributed by atoms with Crippen LogP contribution < -0.4 is 9.47 Å². The number of ether oxygens (including phenoxy) is 2. The molecule has 0 saturated carbocycles. The molecule has 1 aliphatic heterocycles. The van der Waals surface area contributed by atoms with E-state index in [1.165, 1.54) is 5.56 Å². The molecule has 5 rings (SSSR count). The molecule has 7 heteroatoms. The van der Waals surface area contributed by atoms with Crippen LogP contribution in [0, 0.1) is 6.92 Å². The van der Waals surface area contributed by atoms with E-state index in [1.54, 1.807) is 18.2 Å². The second kappa shape index (κ2) is 9.65. The number of fused-ring (bicyclic) bond motifs is 2. The quantitative estimate of drug-likeness (QED) is 0.366. The normalized spacial score (nSPS) is 12.6. The largest absolute Gasteiger partial charge is 0.486 e. The van der Waals surface area contributed by atoms with Crippen molar-refractivity contribution in [1.29, 1.82) is 0 Å². The van der Waals surface area contributed by atoms with Gasteiger partial charge in [0.1, 0.15) is 13.2 Å². The van der Waals surface area contributed by atoms with Gasteiger partial charge in [-0.05, 0) is 49.4 Å². The number of nitrogens with zero attached hydrogens (tertiary/aromatic N) is 2. The minimum absolute atomic E-state index is 0. The molecule has 2 aromatic carbocycles. The van der Waals surface area contributed by atoms with E-state index in [0.717, 1.165) is 23.2 Å². The van der Waals surface area contributed by atoms with Gasteiger partial charge in [-0.2, -0.15) is 0 Å². The molecule has 33 heavy (non-hydrogen) atoms. The summed E-state index contributed by atoms with van der Waals surface area (Å²) in [7, 11) is 2.07. The average Bonchev–Trinajstić information content (AvgIpc) is 3.27. The van der Waals surface area contributed by atoms with Gasteiger partial charge in [0.15, 0.2) is 22.8 Å². The molecule has 0 atom stereocenters. The van der Waals surface area contributed by atoms with Gasteiger partial charge in [0.25, 0.3) is 0 Å². The highest BCUT2D eigenvalue weighted by atomic mass is 35.5. The number of rotatable bonds is 6. The number of pyridine rings is 1. The number of furan rings is 1. The van der Waals surface area contributed by atoms with Crippen molar-refractivity contribution in [2.75, 3.05) is 20.3 Å². The molecule has 0 saturated heterocycles. The summed E-state index contributed by atoms with van der Waals surface area (Å²) in [4.78, 5) is 19.9. The summed E-state index contributed by atoms with van der Waals surface area (Å²) in [6, 6.07) is 17.4. The van der Waals surface area contributed by atoms with Gasteiger partial charge in [-0.15, -0.1) is 12.4 Å². The predicted molar refractivity (Wildman–Crippen MR) is 128 cm³/mol. The highest BCUT2D eigenvalue weighted by Crippen LogP contribution is 2.33. The van der Waals surface area contributed by atoms with Gasteiger partial charge in [0.05, 0.1) is 5.69 Å². The van der Waals surface area contributed by atoms with Crippen LogP contribution in [-0.2, 0) is 13.1 Å². The Labute approximate surface area is 198 Å². The van der Waals surface area contributed by atoms with Crippen LogP contribution >= 0.6 is 12.4 Å². The molecule has 0 radical (unpaired) electrons. The topological polar surface area (TPSA) is 64.8 Å². The van der Waals surface area contributed by atoms with E-state index in [2.05, 4.69) is 29.1 Å². The summed E-state index contributed by atoms with van der Waals surface area (Å²) in [5, 5.41) is 0.915. The van der Waals surface area contributed by atoms with Crippen LogP contribution in [0.15, 0.2) is 65.2 Å². The maximum Gasteiger partial charge on any atom is 0.228 e. The smallest absolute Gasteiger partial charge is 0.228 e. The lowest BCUT2D eigenvalue weighted by Gasteiger charge is -2.18. The standard InChI is InChI=1S/C26H24N2O4.ClH/c1-17-26-21(20(14-27-17)16-28(2)15-18-6-4-3-5-7-18)13-24(32-26)25(29)19-8-9-22-23(12-19)31-11-10-30-22;/h3-9,12-14H,10-11,15-16H2,1-2H3;1H. The maximum atomic E-state index is 13.2. The van der Waals surface area contributed by atoms with Crippen molar-refractivity contribution in [3.05, 3.63) is 88.9 Å². The minimum Gasteiger partial charge on any atom is -0.486 e. The third-order valence-electron chi connectivity index (χ3n) is 5.58. The fourth-order valence-corrected chi connectivity index (χ4v) is 4.01. The van der Waals surface area contributed by atoms with Gasteiger partial charge in [0, 0.05) is 30.2 Å². The highest BCUT2D eigenvalue weighted by molar-refractivity contribution is 6.09. The summed E-state index contributed by atoms with van der Waals surface area (Å²) in [5.41, 5.74) is 4.18. The first-order valence-electron chi connectivity index (χ1n) is 10.6. The summed E-state index contributed by atoms with van der Waals surface area (Å²) >= 11 is 0. The molecule has 0 N–H and O–H groups in total. The molecule has 3 heterocycles. The zero-order valence-electron chi connectivity index (χ0n) is 18.5. The van der Waals surface area contributed by atoms with Gasteiger partial charge in [-0.25, -0.2) is 0 Å². The number of halogens is 1. The lowest BCUT2D eigenvalue weighted by molar-refractivity contribution is 0.101. The van der Waals surface area contributed by atoms with Crippen molar-refractivity contribution in [2.24, 2.45) is 0 Å². The van der Waals surface area contributed by atoms with E-state index >= 15 is 0 Å². The number of ketones is 1. The second-order valence-corrected chi connectivity index (χ2v) is 8.07. The Kier molecular flexibility index (Phi) is 6.67. The number of carbonyl (C=O) groups excluding carboxylic acids is 1. The van der Waals surface area contributed by atoms with Gasteiger partial charge >= 0.3 is 0 Å². The molecule has 1 aliphatic rings. The van der Waals surface area contributed by atoms with E-state index in [0.29, 0.717) is 48.2 Å². The molecule has 0 bridgehead atoms. The van der Waals surface area contributed by atoms with Gasteiger partial charge < -0.3 is 13.9 Å². The lowest BCUT2D eigenvalue weighted by Crippen LogP contribution is -2.17. The summed E-state index contributed by atoms with van der Waals surface area (Å²) in [5.74, 6) is 1.33. The van der Waals surface area contributed by atoms with Crippen molar-refractivity contribution >= 4 is 29.2 Å². The molecular formula is C26H25ClN2O4. The van der Waals surface area contributed by atoms with Crippen LogP contribution in [0.1, 0.15) is 32.9 Å². The molecular weight excluding hydrogens is 440 g/mol. The monoisotopic (exact) mass is 464 g/mol. The third-order valence-corrected chi connectivity index (χ3v) is 5.58. The minimum atomic E-state index is -0.193. The maximum absolute atomic E-state index is 13.2. The number of aromatic nitrogens is 1.